The van der Waals surface area contributed by atoms with Crippen molar-refractivity contribution in [2.75, 3.05) is 11.4 Å². The molecule has 2 aromatic heterocycles. The molecule has 136 valence electrons. The van der Waals surface area contributed by atoms with Gasteiger partial charge in [-0.15, -0.1) is 11.3 Å². The predicted molar refractivity (Wildman–Crippen MR) is 108 cm³/mol. The van der Waals surface area contributed by atoms with E-state index < -0.39 is 0 Å². The molecule has 0 saturated carbocycles. The molecular weight excluding hydrogens is 358 g/mol. The Bertz CT molecular complexity index is 1050. The van der Waals surface area contributed by atoms with Gasteiger partial charge in [0.2, 0.25) is 17.6 Å². The van der Waals surface area contributed by atoms with Crippen molar-refractivity contribution < 1.29 is 9.32 Å². The monoisotopic (exact) mass is 377 g/mol. The lowest BCUT2D eigenvalue weighted by Crippen LogP contribution is -2.31. The number of benzene rings is 2. The van der Waals surface area contributed by atoms with Crippen molar-refractivity contribution in [3.8, 4) is 10.7 Å². The number of aryl methyl sites for hydroxylation is 1. The third-order valence-electron chi connectivity index (χ3n) is 4.44. The lowest BCUT2D eigenvalue weighted by Gasteiger charge is -2.22. The van der Waals surface area contributed by atoms with Crippen LogP contribution in [0.5, 0.6) is 0 Å². The van der Waals surface area contributed by atoms with Crippen LogP contribution in [0.4, 0.5) is 5.69 Å². The van der Waals surface area contributed by atoms with Crippen LogP contribution in [0.1, 0.15) is 19.2 Å². The number of hydrogen-bond donors (Lipinski definition) is 0. The number of carbonyl (C=O) groups excluding carboxylic acids is 1. The number of anilines is 1. The van der Waals surface area contributed by atoms with Gasteiger partial charge >= 0.3 is 0 Å². The van der Waals surface area contributed by atoms with E-state index in [0.717, 1.165) is 21.3 Å². The van der Waals surface area contributed by atoms with Crippen molar-refractivity contribution in [1.29, 1.82) is 0 Å². The van der Waals surface area contributed by atoms with Crippen LogP contribution in [0.25, 0.3) is 21.5 Å². The van der Waals surface area contributed by atoms with E-state index in [0.29, 0.717) is 31.1 Å². The van der Waals surface area contributed by atoms with Gasteiger partial charge in [-0.1, -0.05) is 47.6 Å². The van der Waals surface area contributed by atoms with Gasteiger partial charge in [0.15, 0.2) is 0 Å². The summed E-state index contributed by atoms with van der Waals surface area (Å²) in [6, 6.07) is 18.0. The first-order chi connectivity index (χ1) is 13.3. The molecule has 4 aromatic rings. The second-order valence-electron chi connectivity index (χ2n) is 6.13. The van der Waals surface area contributed by atoms with Gasteiger partial charge in [-0.25, -0.2) is 0 Å². The van der Waals surface area contributed by atoms with E-state index in [1.807, 2.05) is 59.7 Å². The van der Waals surface area contributed by atoms with E-state index in [9.17, 15) is 4.79 Å². The first-order valence-electron chi connectivity index (χ1n) is 8.91. The molecule has 0 atom stereocenters. The third-order valence-corrected chi connectivity index (χ3v) is 5.30. The number of hydrogen-bond acceptors (Lipinski definition) is 5. The summed E-state index contributed by atoms with van der Waals surface area (Å²) in [7, 11) is 0. The highest BCUT2D eigenvalue weighted by Gasteiger charge is 2.18. The molecule has 0 radical (unpaired) electrons. The minimum Gasteiger partial charge on any atom is -0.339 e. The summed E-state index contributed by atoms with van der Waals surface area (Å²) in [5.41, 5.74) is 0.936. The molecular formula is C21H19N3O2S. The molecule has 0 saturated heterocycles. The zero-order chi connectivity index (χ0) is 18.6. The largest absolute Gasteiger partial charge is 0.339 e. The van der Waals surface area contributed by atoms with Gasteiger partial charge < -0.3 is 9.42 Å². The fourth-order valence-electron chi connectivity index (χ4n) is 3.14. The Labute approximate surface area is 161 Å². The number of aromatic nitrogens is 2. The number of nitrogens with zero attached hydrogens (tertiary/aromatic N) is 3. The molecule has 0 aliphatic carbocycles. The highest BCUT2D eigenvalue weighted by atomic mass is 32.1. The zero-order valence-electron chi connectivity index (χ0n) is 15.0. The van der Waals surface area contributed by atoms with Crippen molar-refractivity contribution in [3.63, 3.8) is 0 Å². The van der Waals surface area contributed by atoms with Gasteiger partial charge in [-0.3, -0.25) is 4.79 Å². The summed E-state index contributed by atoms with van der Waals surface area (Å²) < 4.78 is 5.30. The Hall–Kier alpha value is -2.99. The molecule has 2 heterocycles. The molecule has 0 bridgehead atoms. The van der Waals surface area contributed by atoms with Crippen molar-refractivity contribution in [3.05, 3.63) is 65.9 Å². The topological polar surface area (TPSA) is 59.2 Å². The fraction of sp³-hybridized carbons (Fsp3) is 0.190. The SMILES string of the molecule is CCN(C(=O)CCc1nc(-c2cccs2)no1)c1cccc2ccccc12. The molecule has 4 rings (SSSR count). The highest BCUT2D eigenvalue weighted by Crippen LogP contribution is 2.27. The van der Waals surface area contributed by atoms with Crippen LogP contribution in [-0.2, 0) is 11.2 Å². The lowest BCUT2D eigenvalue weighted by molar-refractivity contribution is -0.118. The average Bonchev–Trinajstić information content (AvgIpc) is 3.39. The maximum Gasteiger partial charge on any atom is 0.227 e. The Morgan fingerprint density at radius 2 is 1.96 bits per heavy atom. The lowest BCUT2D eigenvalue weighted by atomic mass is 10.1. The molecule has 1 amide bonds. The highest BCUT2D eigenvalue weighted by molar-refractivity contribution is 7.13. The zero-order valence-corrected chi connectivity index (χ0v) is 15.8. The minimum atomic E-state index is 0.0460. The van der Waals surface area contributed by atoms with E-state index in [-0.39, 0.29) is 5.91 Å². The quantitative estimate of drug-likeness (QED) is 0.478. The maximum absolute atomic E-state index is 12.9. The van der Waals surface area contributed by atoms with E-state index in [1.165, 1.54) is 0 Å². The predicted octanol–water partition coefficient (Wildman–Crippen LogP) is 4.94. The summed E-state index contributed by atoms with van der Waals surface area (Å²) in [5, 5.41) is 8.17. The van der Waals surface area contributed by atoms with Crippen LogP contribution in [0.15, 0.2) is 64.5 Å². The van der Waals surface area contributed by atoms with Crippen molar-refractivity contribution >= 4 is 33.7 Å². The molecule has 0 aliphatic rings. The third kappa shape index (κ3) is 3.61. The first kappa shape index (κ1) is 17.4. The van der Waals surface area contributed by atoms with Crippen LogP contribution in [0.2, 0.25) is 0 Å². The summed E-state index contributed by atoms with van der Waals surface area (Å²) >= 11 is 1.56. The van der Waals surface area contributed by atoms with Gasteiger partial charge in [0.25, 0.3) is 0 Å². The van der Waals surface area contributed by atoms with Gasteiger partial charge in [0, 0.05) is 24.8 Å². The average molecular weight is 377 g/mol. The van der Waals surface area contributed by atoms with E-state index in [2.05, 4.69) is 22.3 Å². The van der Waals surface area contributed by atoms with Crippen LogP contribution in [0.3, 0.4) is 0 Å². The van der Waals surface area contributed by atoms with Crippen molar-refractivity contribution in [1.82, 2.24) is 10.1 Å². The van der Waals surface area contributed by atoms with Gasteiger partial charge in [0.05, 0.1) is 10.6 Å². The Morgan fingerprint density at radius 3 is 2.78 bits per heavy atom. The van der Waals surface area contributed by atoms with E-state index >= 15 is 0 Å². The normalized spacial score (nSPS) is 11.0. The van der Waals surface area contributed by atoms with Gasteiger partial charge in [0.1, 0.15) is 0 Å². The number of amides is 1. The minimum absolute atomic E-state index is 0.0460. The molecule has 0 N–H and O–H groups in total. The molecule has 27 heavy (non-hydrogen) atoms. The van der Waals surface area contributed by atoms with Crippen LogP contribution >= 0.6 is 11.3 Å². The smallest absolute Gasteiger partial charge is 0.227 e. The van der Waals surface area contributed by atoms with Gasteiger partial charge in [-0.05, 0) is 29.8 Å². The Kier molecular flexibility index (Phi) is 4.98. The van der Waals surface area contributed by atoms with Crippen LogP contribution in [0, 0.1) is 0 Å². The summed E-state index contributed by atoms with van der Waals surface area (Å²) in [6.45, 7) is 2.60. The van der Waals surface area contributed by atoms with E-state index in [4.69, 9.17) is 4.52 Å². The number of fused-ring (bicyclic) bond motifs is 1. The van der Waals surface area contributed by atoms with E-state index in [1.54, 1.807) is 11.3 Å². The maximum atomic E-state index is 12.9. The van der Waals surface area contributed by atoms with Crippen LogP contribution in [-0.4, -0.2) is 22.6 Å². The van der Waals surface area contributed by atoms with Crippen LogP contribution < -0.4 is 4.90 Å². The second-order valence-corrected chi connectivity index (χ2v) is 7.07. The number of rotatable bonds is 6. The molecule has 0 unspecified atom stereocenters. The summed E-state index contributed by atoms with van der Waals surface area (Å²) in [4.78, 5) is 20.0. The molecule has 0 spiro atoms. The second kappa shape index (κ2) is 7.72. The summed E-state index contributed by atoms with van der Waals surface area (Å²) in [6.07, 6.45) is 0.752. The molecule has 6 heteroatoms. The number of thiophene rings is 1. The standard InChI is InChI=1S/C21H19N3O2S/c1-2-24(17-10-5-8-15-7-3-4-9-16(15)17)20(25)13-12-19-22-21(23-26-19)18-11-6-14-27-18/h3-11,14H,2,12-13H2,1H3. The Balaban J connectivity index is 1.49. The first-order valence-corrected chi connectivity index (χ1v) is 9.79. The summed E-state index contributed by atoms with van der Waals surface area (Å²) in [5.74, 6) is 1.11. The molecule has 2 aromatic carbocycles. The fourth-order valence-corrected chi connectivity index (χ4v) is 3.79. The molecule has 0 aliphatic heterocycles. The molecule has 5 nitrogen and oxygen atoms in total. The Morgan fingerprint density at radius 1 is 1.11 bits per heavy atom. The molecule has 0 fully saturated rings. The van der Waals surface area contributed by atoms with Crippen molar-refractivity contribution in [2.24, 2.45) is 0 Å². The number of carbonyl (C=O) groups is 1. The van der Waals surface area contributed by atoms with Crippen molar-refractivity contribution in [2.45, 2.75) is 19.8 Å². The van der Waals surface area contributed by atoms with Gasteiger partial charge in [-0.2, -0.15) is 4.98 Å².